The van der Waals surface area contributed by atoms with Crippen molar-refractivity contribution in [2.75, 3.05) is 0 Å². The highest BCUT2D eigenvalue weighted by molar-refractivity contribution is 6.29. The zero-order valence-electron chi connectivity index (χ0n) is 10.3. The van der Waals surface area contributed by atoms with E-state index in [4.69, 9.17) is 11.6 Å². The predicted molar refractivity (Wildman–Crippen MR) is 74.3 cm³/mol. The van der Waals surface area contributed by atoms with Crippen molar-refractivity contribution in [1.82, 2.24) is 19.7 Å². The molecule has 1 aromatic carbocycles. The number of aromatic nitrogens is 4. The summed E-state index contributed by atoms with van der Waals surface area (Å²) in [5, 5.41) is 4.87. The second-order valence-corrected chi connectivity index (χ2v) is 4.53. The molecule has 3 rings (SSSR count). The van der Waals surface area contributed by atoms with Crippen LogP contribution in [0.2, 0.25) is 5.15 Å². The van der Waals surface area contributed by atoms with Gasteiger partial charge in [-0.05, 0) is 13.0 Å². The van der Waals surface area contributed by atoms with E-state index < -0.39 is 0 Å². The van der Waals surface area contributed by atoms with E-state index >= 15 is 0 Å². The fourth-order valence-corrected chi connectivity index (χ4v) is 2.07. The molecule has 0 aliphatic rings. The van der Waals surface area contributed by atoms with Crippen molar-refractivity contribution in [2.24, 2.45) is 0 Å². The summed E-state index contributed by atoms with van der Waals surface area (Å²) in [7, 11) is 0. The van der Waals surface area contributed by atoms with Crippen LogP contribution in [0.15, 0.2) is 48.8 Å². The lowest BCUT2D eigenvalue weighted by Crippen LogP contribution is -2.02. The molecule has 4 nitrogen and oxygen atoms in total. The maximum absolute atomic E-state index is 5.91. The van der Waals surface area contributed by atoms with Gasteiger partial charge in [-0.1, -0.05) is 41.9 Å². The molecule has 0 aliphatic carbocycles. The van der Waals surface area contributed by atoms with E-state index in [9.17, 15) is 0 Å². The molecule has 0 bridgehead atoms. The Bertz CT molecular complexity index is 706. The van der Waals surface area contributed by atoms with Crippen LogP contribution < -0.4 is 0 Å². The predicted octanol–water partition coefficient (Wildman–Crippen LogP) is 3.29. The van der Waals surface area contributed by atoms with Crippen LogP contribution in [-0.2, 0) is 0 Å². The van der Waals surface area contributed by atoms with Crippen LogP contribution in [0.3, 0.4) is 0 Å². The molecule has 2 heterocycles. The molecule has 0 unspecified atom stereocenters. The highest BCUT2D eigenvalue weighted by Crippen LogP contribution is 2.23. The van der Waals surface area contributed by atoms with E-state index in [1.54, 1.807) is 10.7 Å². The summed E-state index contributed by atoms with van der Waals surface area (Å²) >= 11 is 5.91. The zero-order chi connectivity index (χ0) is 13.2. The highest BCUT2D eigenvalue weighted by atomic mass is 35.5. The Morgan fingerprint density at radius 3 is 2.58 bits per heavy atom. The number of aryl methyl sites for hydroxylation is 1. The van der Waals surface area contributed by atoms with Crippen LogP contribution in [0.25, 0.3) is 17.1 Å². The Kier molecular flexibility index (Phi) is 3.01. The minimum Gasteiger partial charge on any atom is -0.224 e. The van der Waals surface area contributed by atoms with Crippen LogP contribution in [0.5, 0.6) is 0 Å². The van der Waals surface area contributed by atoms with Gasteiger partial charge < -0.3 is 0 Å². The SMILES string of the molecule is Cc1cc(-c2ccccc2)n(-c2cc(Cl)ncn2)n1. The van der Waals surface area contributed by atoms with Crippen LogP contribution in [0.1, 0.15) is 5.69 Å². The fourth-order valence-electron chi connectivity index (χ4n) is 1.93. The largest absolute Gasteiger partial charge is 0.224 e. The summed E-state index contributed by atoms with van der Waals surface area (Å²) in [6, 6.07) is 13.8. The number of halogens is 1. The number of nitrogens with zero attached hydrogens (tertiary/aromatic N) is 4. The molecule has 0 radical (unpaired) electrons. The smallest absolute Gasteiger partial charge is 0.158 e. The Balaban J connectivity index is 2.18. The molecule has 0 saturated carbocycles. The fraction of sp³-hybridized carbons (Fsp3) is 0.0714. The van der Waals surface area contributed by atoms with Gasteiger partial charge in [-0.25, -0.2) is 14.6 Å². The summed E-state index contributed by atoms with van der Waals surface area (Å²) < 4.78 is 1.78. The van der Waals surface area contributed by atoms with Crippen molar-refractivity contribution in [3.63, 3.8) is 0 Å². The topological polar surface area (TPSA) is 43.6 Å². The lowest BCUT2D eigenvalue weighted by atomic mass is 10.1. The van der Waals surface area contributed by atoms with Crippen LogP contribution in [0.4, 0.5) is 0 Å². The van der Waals surface area contributed by atoms with Crippen molar-refractivity contribution < 1.29 is 0 Å². The summed E-state index contributed by atoms with van der Waals surface area (Å²) in [5.41, 5.74) is 2.99. The van der Waals surface area contributed by atoms with Gasteiger partial charge in [0.2, 0.25) is 0 Å². The second-order valence-electron chi connectivity index (χ2n) is 4.15. The van der Waals surface area contributed by atoms with Gasteiger partial charge in [-0.2, -0.15) is 5.10 Å². The molecule has 94 valence electrons. The molecule has 0 amide bonds. The molecular weight excluding hydrogens is 260 g/mol. The standard InChI is InChI=1S/C14H11ClN4/c1-10-7-12(11-5-3-2-4-6-11)19(18-10)14-8-13(15)16-9-17-14/h2-9H,1H3. The first-order chi connectivity index (χ1) is 9.24. The third-order valence-electron chi connectivity index (χ3n) is 2.74. The van der Waals surface area contributed by atoms with Crippen LogP contribution >= 0.6 is 11.6 Å². The normalized spacial score (nSPS) is 10.6. The molecule has 0 atom stereocenters. The Labute approximate surface area is 115 Å². The average Bonchev–Trinajstić information content (AvgIpc) is 2.82. The van der Waals surface area contributed by atoms with Crippen LogP contribution in [-0.4, -0.2) is 19.7 Å². The maximum Gasteiger partial charge on any atom is 0.158 e. The van der Waals surface area contributed by atoms with Crippen molar-refractivity contribution in [3.8, 4) is 17.1 Å². The van der Waals surface area contributed by atoms with Crippen molar-refractivity contribution in [3.05, 3.63) is 59.6 Å². The lowest BCUT2D eigenvalue weighted by molar-refractivity contribution is 0.832. The third kappa shape index (κ3) is 2.35. The van der Waals surface area contributed by atoms with Gasteiger partial charge in [-0.3, -0.25) is 0 Å². The van der Waals surface area contributed by atoms with E-state index in [0.717, 1.165) is 17.0 Å². The number of rotatable bonds is 2. The molecule has 0 fully saturated rings. The first-order valence-electron chi connectivity index (χ1n) is 5.84. The first kappa shape index (κ1) is 11.9. The highest BCUT2D eigenvalue weighted by Gasteiger charge is 2.10. The molecule has 3 aromatic rings. The molecule has 19 heavy (non-hydrogen) atoms. The van der Waals surface area contributed by atoms with Crippen molar-refractivity contribution >= 4 is 11.6 Å². The molecule has 2 aromatic heterocycles. The first-order valence-corrected chi connectivity index (χ1v) is 6.22. The Morgan fingerprint density at radius 1 is 1.05 bits per heavy atom. The summed E-state index contributed by atoms with van der Waals surface area (Å²) in [6.07, 6.45) is 1.43. The van der Waals surface area contributed by atoms with E-state index in [1.807, 2.05) is 43.3 Å². The number of hydrogen-bond donors (Lipinski definition) is 0. The van der Waals surface area contributed by atoms with E-state index in [1.165, 1.54) is 6.33 Å². The number of hydrogen-bond acceptors (Lipinski definition) is 3. The lowest BCUT2D eigenvalue weighted by Gasteiger charge is -2.06. The quantitative estimate of drug-likeness (QED) is 0.671. The van der Waals surface area contributed by atoms with Gasteiger partial charge >= 0.3 is 0 Å². The van der Waals surface area contributed by atoms with E-state index in [-0.39, 0.29) is 0 Å². The van der Waals surface area contributed by atoms with Gasteiger partial charge in [0.05, 0.1) is 11.4 Å². The molecular formula is C14H11ClN4. The molecule has 5 heteroatoms. The van der Waals surface area contributed by atoms with Crippen molar-refractivity contribution in [1.29, 1.82) is 0 Å². The van der Waals surface area contributed by atoms with Crippen LogP contribution in [0, 0.1) is 6.92 Å². The van der Waals surface area contributed by atoms with Gasteiger partial charge in [0.1, 0.15) is 11.5 Å². The third-order valence-corrected chi connectivity index (χ3v) is 2.94. The monoisotopic (exact) mass is 270 g/mol. The van der Waals surface area contributed by atoms with Gasteiger partial charge in [0.15, 0.2) is 5.82 Å². The molecule has 0 saturated heterocycles. The van der Waals surface area contributed by atoms with Gasteiger partial charge in [0, 0.05) is 11.6 Å². The molecule has 0 N–H and O–H groups in total. The minimum absolute atomic E-state index is 0.400. The zero-order valence-corrected chi connectivity index (χ0v) is 11.0. The summed E-state index contributed by atoms with van der Waals surface area (Å²) in [5.74, 6) is 0.659. The van der Waals surface area contributed by atoms with E-state index in [2.05, 4.69) is 15.1 Å². The number of benzene rings is 1. The average molecular weight is 271 g/mol. The maximum atomic E-state index is 5.91. The second kappa shape index (κ2) is 4.82. The molecule has 0 spiro atoms. The van der Waals surface area contributed by atoms with Gasteiger partial charge in [0.25, 0.3) is 0 Å². The minimum atomic E-state index is 0.400. The molecule has 0 aliphatic heterocycles. The Morgan fingerprint density at radius 2 is 1.84 bits per heavy atom. The van der Waals surface area contributed by atoms with Crippen molar-refractivity contribution in [2.45, 2.75) is 6.92 Å². The Hall–Kier alpha value is -2.20. The van der Waals surface area contributed by atoms with E-state index in [0.29, 0.717) is 11.0 Å². The summed E-state index contributed by atoms with van der Waals surface area (Å²) in [4.78, 5) is 8.10. The summed E-state index contributed by atoms with van der Waals surface area (Å²) in [6.45, 7) is 1.95. The van der Waals surface area contributed by atoms with Gasteiger partial charge in [-0.15, -0.1) is 0 Å².